The molecule has 1 heterocycles. The maximum Gasteiger partial charge on any atom is 0.0948 e. The van der Waals surface area contributed by atoms with Crippen LogP contribution in [0.15, 0.2) is 36.8 Å². The Bertz CT molecular complexity index is 493. The Labute approximate surface area is 107 Å². The van der Waals surface area contributed by atoms with Gasteiger partial charge in [0.2, 0.25) is 0 Å². The fourth-order valence-electron chi connectivity index (χ4n) is 1.95. The molecule has 0 unspecified atom stereocenters. The van der Waals surface area contributed by atoms with Gasteiger partial charge in [0.25, 0.3) is 0 Å². The number of benzene rings is 1. The van der Waals surface area contributed by atoms with Crippen molar-refractivity contribution in [3.63, 3.8) is 0 Å². The molecule has 96 valence electrons. The highest BCUT2D eigenvalue weighted by atomic mass is 16.3. The summed E-state index contributed by atoms with van der Waals surface area (Å²) in [7, 11) is 0. The highest BCUT2D eigenvalue weighted by Gasteiger charge is 2.00. The first-order valence-electron chi connectivity index (χ1n) is 6.22. The molecule has 2 rings (SSSR count). The summed E-state index contributed by atoms with van der Waals surface area (Å²) in [5.74, 6) is 0. The van der Waals surface area contributed by atoms with E-state index in [1.54, 1.807) is 0 Å². The zero-order valence-electron chi connectivity index (χ0n) is 10.6. The van der Waals surface area contributed by atoms with Crippen molar-refractivity contribution in [3.8, 4) is 0 Å². The lowest BCUT2D eigenvalue weighted by Gasteiger charge is -2.08. The van der Waals surface area contributed by atoms with Crippen molar-refractivity contribution in [2.24, 2.45) is 0 Å². The number of nitrogens with zero attached hydrogens (tertiary/aromatic N) is 2. The van der Waals surface area contributed by atoms with Gasteiger partial charge in [-0.15, -0.1) is 0 Å². The highest BCUT2D eigenvalue weighted by Crippen LogP contribution is 2.05. The van der Waals surface area contributed by atoms with Crippen LogP contribution >= 0.6 is 0 Å². The van der Waals surface area contributed by atoms with E-state index in [9.17, 15) is 0 Å². The summed E-state index contributed by atoms with van der Waals surface area (Å²) < 4.78 is 2.12. The lowest BCUT2D eigenvalue weighted by Crippen LogP contribution is -2.15. The van der Waals surface area contributed by atoms with Crippen LogP contribution in [0.5, 0.6) is 0 Å². The molecule has 1 aromatic heterocycles. The van der Waals surface area contributed by atoms with Crippen molar-refractivity contribution < 1.29 is 5.11 Å². The van der Waals surface area contributed by atoms with Crippen molar-refractivity contribution in [2.45, 2.75) is 33.2 Å². The van der Waals surface area contributed by atoms with Crippen LogP contribution in [-0.4, -0.2) is 14.7 Å². The van der Waals surface area contributed by atoms with Gasteiger partial charge in [0.1, 0.15) is 0 Å². The second-order valence-electron chi connectivity index (χ2n) is 4.25. The third-order valence-electron chi connectivity index (χ3n) is 2.95. The van der Waals surface area contributed by atoms with Crippen molar-refractivity contribution in [2.75, 3.05) is 0 Å². The average molecular weight is 245 g/mol. The number of rotatable bonds is 6. The largest absolute Gasteiger partial charge is 0.392 e. The molecular weight excluding hydrogens is 226 g/mol. The lowest BCUT2D eigenvalue weighted by molar-refractivity contribution is 0.281. The average Bonchev–Trinajstić information content (AvgIpc) is 2.86. The maximum absolute atomic E-state index is 9.07. The number of aromatic nitrogens is 2. The molecule has 0 atom stereocenters. The number of aliphatic hydroxyl groups is 1. The Morgan fingerprint density at radius 1 is 1.28 bits per heavy atom. The van der Waals surface area contributed by atoms with Crippen LogP contribution in [0.3, 0.4) is 0 Å². The molecule has 0 spiro atoms. The molecule has 0 saturated carbocycles. The van der Waals surface area contributed by atoms with Crippen LogP contribution in [0.4, 0.5) is 0 Å². The zero-order valence-corrected chi connectivity index (χ0v) is 10.6. The van der Waals surface area contributed by atoms with Gasteiger partial charge in [0.05, 0.1) is 18.6 Å². The third-order valence-corrected chi connectivity index (χ3v) is 2.95. The Kier molecular flexibility index (Phi) is 4.50. The minimum absolute atomic E-state index is 0.0937. The van der Waals surface area contributed by atoms with Gasteiger partial charge >= 0.3 is 0 Å². The SMILES string of the molecule is CCn1cncc1CNCc1cccc(CO)c1. The molecule has 0 amide bonds. The Morgan fingerprint density at radius 2 is 2.11 bits per heavy atom. The van der Waals surface area contributed by atoms with E-state index in [-0.39, 0.29) is 6.61 Å². The fraction of sp³-hybridized carbons (Fsp3) is 0.357. The predicted molar refractivity (Wildman–Crippen MR) is 70.8 cm³/mol. The molecular formula is C14H19N3O. The van der Waals surface area contributed by atoms with E-state index >= 15 is 0 Å². The quantitative estimate of drug-likeness (QED) is 0.814. The number of aryl methyl sites for hydroxylation is 1. The van der Waals surface area contributed by atoms with Gasteiger partial charge in [-0.3, -0.25) is 0 Å². The van der Waals surface area contributed by atoms with Gasteiger partial charge in [-0.25, -0.2) is 4.98 Å². The molecule has 0 fully saturated rings. The minimum Gasteiger partial charge on any atom is -0.392 e. The number of nitrogens with one attached hydrogen (secondary N) is 1. The van der Waals surface area contributed by atoms with Crippen molar-refractivity contribution in [3.05, 3.63) is 53.6 Å². The van der Waals surface area contributed by atoms with Crippen LogP contribution in [0.2, 0.25) is 0 Å². The monoisotopic (exact) mass is 245 g/mol. The molecule has 4 heteroatoms. The molecule has 18 heavy (non-hydrogen) atoms. The predicted octanol–water partition coefficient (Wildman–Crippen LogP) is 1.69. The first kappa shape index (κ1) is 12.8. The standard InChI is InChI=1S/C14H19N3O/c1-2-17-11-16-9-14(17)8-15-7-12-4-3-5-13(6-12)10-18/h3-6,9,11,15,18H,2,7-8,10H2,1H3. The molecule has 0 bridgehead atoms. The van der Waals surface area contributed by atoms with E-state index in [0.29, 0.717) is 0 Å². The van der Waals surface area contributed by atoms with Gasteiger partial charge in [-0.05, 0) is 18.1 Å². The smallest absolute Gasteiger partial charge is 0.0948 e. The summed E-state index contributed by atoms with van der Waals surface area (Å²) in [4.78, 5) is 4.14. The summed E-state index contributed by atoms with van der Waals surface area (Å²) in [6.45, 7) is 4.74. The number of imidazole rings is 1. The first-order chi connectivity index (χ1) is 8.83. The van der Waals surface area contributed by atoms with E-state index in [4.69, 9.17) is 5.11 Å². The minimum atomic E-state index is 0.0937. The summed E-state index contributed by atoms with van der Waals surface area (Å²) in [5.41, 5.74) is 3.33. The molecule has 0 saturated heterocycles. The van der Waals surface area contributed by atoms with E-state index < -0.39 is 0 Å². The molecule has 2 aromatic rings. The van der Waals surface area contributed by atoms with Crippen LogP contribution in [-0.2, 0) is 26.2 Å². The Morgan fingerprint density at radius 3 is 2.89 bits per heavy atom. The van der Waals surface area contributed by atoms with Crippen molar-refractivity contribution in [1.82, 2.24) is 14.9 Å². The van der Waals surface area contributed by atoms with Crippen LogP contribution in [0, 0.1) is 0 Å². The van der Waals surface area contributed by atoms with Crippen LogP contribution in [0.1, 0.15) is 23.7 Å². The molecule has 0 aliphatic heterocycles. The first-order valence-corrected chi connectivity index (χ1v) is 6.22. The van der Waals surface area contributed by atoms with E-state index in [1.807, 2.05) is 30.7 Å². The van der Waals surface area contributed by atoms with Gasteiger partial charge in [-0.1, -0.05) is 24.3 Å². The highest BCUT2D eigenvalue weighted by molar-refractivity contribution is 5.22. The summed E-state index contributed by atoms with van der Waals surface area (Å²) in [6, 6.07) is 7.97. The van der Waals surface area contributed by atoms with E-state index in [1.165, 1.54) is 11.3 Å². The van der Waals surface area contributed by atoms with Gasteiger partial charge in [0, 0.05) is 25.8 Å². The topological polar surface area (TPSA) is 50.1 Å². The summed E-state index contributed by atoms with van der Waals surface area (Å²) in [6.07, 6.45) is 3.74. The second-order valence-corrected chi connectivity index (χ2v) is 4.25. The number of hydrogen-bond donors (Lipinski definition) is 2. The molecule has 1 aromatic carbocycles. The molecule has 4 nitrogen and oxygen atoms in total. The molecule has 2 N–H and O–H groups in total. The van der Waals surface area contributed by atoms with Crippen LogP contribution in [0.25, 0.3) is 0 Å². The summed E-state index contributed by atoms with van der Waals surface area (Å²) >= 11 is 0. The van der Waals surface area contributed by atoms with Gasteiger partial charge < -0.3 is 15.0 Å². The number of aliphatic hydroxyl groups excluding tert-OH is 1. The van der Waals surface area contributed by atoms with E-state index in [2.05, 4.69) is 27.9 Å². The van der Waals surface area contributed by atoms with Gasteiger partial charge in [0.15, 0.2) is 0 Å². The second kappa shape index (κ2) is 6.33. The number of hydrogen-bond acceptors (Lipinski definition) is 3. The van der Waals surface area contributed by atoms with Crippen molar-refractivity contribution in [1.29, 1.82) is 0 Å². The van der Waals surface area contributed by atoms with Gasteiger partial charge in [-0.2, -0.15) is 0 Å². The fourth-order valence-corrected chi connectivity index (χ4v) is 1.95. The maximum atomic E-state index is 9.07. The zero-order chi connectivity index (χ0) is 12.8. The Balaban J connectivity index is 1.88. The lowest BCUT2D eigenvalue weighted by atomic mass is 10.1. The normalized spacial score (nSPS) is 10.8. The Hall–Kier alpha value is -1.65. The molecule has 0 aliphatic rings. The molecule has 0 aliphatic carbocycles. The van der Waals surface area contributed by atoms with E-state index in [0.717, 1.165) is 25.2 Å². The third kappa shape index (κ3) is 3.18. The van der Waals surface area contributed by atoms with Crippen LogP contribution < -0.4 is 5.32 Å². The summed E-state index contributed by atoms with van der Waals surface area (Å²) in [5, 5.41) is 12.5. The van der Waals surface area contributed by atoms with Crippen molar-refractivity contribution >= 4 is 0 Å². The molecule has 0 radical (unpaired) electrons.